The predicted molar refractivity (Wildman–Crippen MR) is 100 cm³/mol. The van der Waals surface area contributed by atoms with Gasteiger partial charge >= 0.3 is 5.97 Å². The maximum absolute atomic E-state index is 12.2. The minimum absolute atomic E-state index is 0.0180. The molecule has 5 nitrogen and oxygen atoms in total. The normalized spacial score (nSPS) is 11.7. The highest BCUT2D eigenvalue weighted by Crippen LogP contribution is 2.28. The molecule has 0 aliphatic carbocycles. The number of esters is 1. The highest BCUT2D eigenvalue weighted by atomic mass is 35.5. The van der Waals surface area contributed by atoms with E-state index in [0.717, 1.165) is 12.0 Å². The van der Waals surface area contributed by atoms with Gasteiger partial charge in [-0.3, -0.25) is 4.79 Å². The molecular formula is C18H18Cl2N2O3. The molecule has 2 aromatic carbocycles. The molecule has 0 bridgehead atoms. The van der Waals surface area contributed by atoms with Crippen molar-refractivity contribution in [3.63, 3.8) is 0 Å². The summed E-state index contributed by atoms with van der Waals surface area (Å²) in [4.78, 5) is 24.4. The number of carbonyl (C=O) groups excluding carboxylic acids is 2. The molecular weight excluding hydrogens is 363 g/mol. The van der Waals surface area contributed by atoms with Crippen LogP contribution in [0.25, 0.3) is 0 Å². The van der Waals surface area contributed by atoms with E-state index in [1.165, 1.54) is 19.1 Å². The van der Waals surface area contributed by atoms with Crippen molar-refractivity contribution in [2.45, 2.75) is 26.4 Å². The second kappa shape index (κ2) is 8.23. The number of anilines is 2. The summed E-state index contributed by atoms with van der Waals surface area (Å²) in [5.74, 6) is -1.23. The molecule has 0 heterocycles. The van der Waals surface area contributed by atoms with Gasteiger partial charge in [0.1, 0.15) is 0 Å². The van der Waals surface area contributed by atoms with Crippen molar-refractivity contribution in [2.24, 2.45) is 0 Å². The molecule has 2 rings (SSSR count). The number of hydrogen-bond donors (Lipinski definition) is 2. The number of amides is 1. The van der Waals surface area contributed by atoms with Gasteiger partial charge in [-0.05, 0) is 43.2 Å². The van der Waals surface area contributed by atoms with Crippen LogP contribution in [0.1, 0.15) is 29.8 Å². The Labute approximate surface area is 156 Å². The zero-order valence-corrected chi connectivity index (χ0v) is 15.3. The fourth-order valence-electron chi connectivity index (χ4n) is 2.10. The van der Waals surface area contributed by atoms with Crippen LogP contribution in [-0.4, -0.2) is 18.0 Å². The topological polar surface area (TPSA) is 81.4 Å². The molecule has 0 radical (unpaired) electrons. The van der Waals surface area contributed by atoms with E-state index >= 15 is 0 Å². The van der Waals surface area contributed by atoms with Crippen molar-refractivity contribution in [1.82, 2.24) is 0 Å². The Bertz CT molecular complexity index is 792. The number of nitrogens with one attached hydrogen (secondary N) is 1. The van der Waals surface area contributed by atoms with Crippen LogP contribution in [0.15, 0.2) is 36.4 Å². The second-order valence-electron chi connectivity index (χ2n) is 5.44. The maximum Gasteiger partial charge on any atom is 0.341 e. The standard InChI is InChI=1S/C18H18Cl2N2O3/c1-3-11-4-6-13(7-5-11)22-17(23)10(2)25-18(24)14-8-12(19)9-15(20)16(14)21/h4-10H,3,21H2,1-2H3,(H,22,23). The van der Waals surface area contributed by atoms with E-state index in [1.54, 1.807) is 12.1 Å². The van der Waals surface area contributed by atoms with Crippen molar-refractivity contribution in [1.29, 1.82) is 0 Å². The van der Waals surface area contributed by atoms with E-state index in [0.29, 0.717) is 5.69 Å². The SMILES string of the molecule is CCc1ccc(NC(=O)C(C)OC(=O)c2cc(Cl)cc(Cl)c2N)cc1. The lowest BCUT2D eigenvalue weighted by atomic mass is 10.1. The lowest BCUT2D eigenvalue weighted by Crippen LogP contribution is -2.30. The van der Waals surface area contributed by atoms with Crippen LogP contribution >= 0.6 is 23.2 Å². The highest BCUT2D eigenvalue weighted by Gasteiger charge is 2.22. The zero-order valence-electron chi connectivity index (χ0n) is 13.8. The average molecular weight is 381 g/mol. The number of ether oxygens (including phenoxy) is 1. The number of nitrogens with two attached hydrogens (primary N) is 1. The third-order valence-electron chi connectivity index (χ3n) is 3.60. The van der Waals surface area contributed by atoms with E-state index in [9.17, 15) is 9.59 Å². The maximum atomic E-state index is 12.2. The Kier molecular flexibility index (Phi) is 6.28. The summed E-state index contributed by atoms with van der Waals surface area (Å²) in [6, 6.07) is 10.2. The summed E-state index contributed by atoms with van der Waals surface area (Å²) in [7, 11) is 0. The highest BCUT2D eigenvalue weighted by molar-refractivity contribution is 6.37. The third kappa shape index (κ3) is 4.87. The Morgan fingerprint density at radius 2 is 1.84 bits per heavy atom. The van der Waals surface area contributed by atoms with Gasteiger partial charge in [-0.15, -0.1) is 0 Å². The summed E-state index contributed by atoms with van der Waals surface area (Å²) in [5, 5.41) is 3.08. The fraction of sp³-hybridized carbons (Fsp3) is 0.222. The minimum Gasteiger partial charge on any atom is -0.449 e. The first-order chi connectivity index (χ1) is 11.8. The van der Waals surface area contributed by atoms with Crippen molar-refractivity contribution < 1.29 is 14.3 Å². The summed E-state index contributed by atoms with van der Waals surface area (Å²) >= 11 is 11.8. The first kappa shape index (κ1) is 19.1. The minimum atomic E-state index is -1.02. The molecule has 25 heavy (non-hydrogen) atoms. The van der Waals surface area contributed by atoms with E-state index in [-0.39, 0.29) is 21.3 Å². The Morgan fingerprint density at radius 1 is 1.20 bits per heavy atom. The van der Waals surface area contributed by atoms with E-state index < -0.39 is 18.0 Å². The van der Waals surface area contributed by atoms with Gasteiger partial charge < -0.3 is 15.8 Å². The second-order valence-corrected chi connectivity index (χ2v) is 6.28. The number of carbonyl (C=O) groups is 2. The molecule has 0 aromatic heterocycles. The van der Waals surface area contributed by atoms with Crippen molar-refractivity contribution in [2.75, 3.05) is 11.1 Å². The van der Waals surface area contributed by atoms with Gasteiger partial charge in [-0.2, -0.15) is 0 Å². The monoisotopic (exact) mass is 380 g/mol. The lowest BCUT2D eigenvalue weighted by molar-refractivity contribution is -0.123. The molecule has 3 N–H and O–H groups in total. The van der Waals surface area contributed by atoms with Crippen LogP contribution in [-0.2, 0) is 16.0 Å². The van der Waals surface area contributed by atoms with Crippen LogP contribution in [0.4, 0.5) is 11.4 Å². The van der Waals surface area contributed by atoms with Crippen molar-refractivity contribution in [3.8, 4) is 0 Å². The number of benzene rings is 2. The molecule has 0 saturated heterocycles. The van der Waals surface area contributed by atoms with Crippen molar-refractivity contribution >= 4 is 46.5 Å². The first-order valence-electron chi connectivity index (χ1n) is 7.67. The predicted octanol–water partition coefficient (Wildman–Crippen LogP) is 4.32. The molecule has 0 fully saturated rings. The third-order valence-corrected chi connectivity index (χ3v) is 4.13. The molecule has 1 amide bonds. The number of halogens is 2. The van der Waals surface area contributed by atoms with E-state index in [1.807, 2.05) is 19.1 Å². The molecule has 1 unspecified atom stereocenters. The largest absolute Gasteiger partial charge is 0.449 e. The van der Waals surface area contributed by atoms with Crippen LogP contribution < -0.4 is 11.1 Å². The number of aryl methyl sites for hydroxylation is 1. The van der Waals surface area contributed by atoms with Crippen molar-refractivity contribution in [3.05, 3.63) is 57.6 Å². The molecule has 0 aliphatic rings. The average Bonchev–Trinajstić information content (AvgIpc) is 2.58. The van der Waals surface area contributed by atoms with Gasteiger partial charge in [-0.1, -0.05) is 42.3 Å². The molecule has 0 saturated carbocycles. The van der Waals surface area contributed by atoms with E-state index in [2.05, 4.69) is 5.32 Å². The summed E-state index contributed by atoms with van der Waals surface area (Å²) < 4.78 is 5.16. The van der Waals surface area contributed by atoms with Crippen LogP contribution in [0.5, 0.6) is 0 Å². The van der Waals surface area contributed by atoms with Gasteiger partial charge in [0.2, 0.25) is 0 Å². The van der Waals surface area contributed by atoms with Crippen LogP contribution in [0, 0.1) is 0 Å². The lowest BCUT2D eigenvalue weighted by Gasteiger charge is -2.15. The summed E-state index contributed by atoms with van der Waals surface area (Å²) in [6.45, 7) is 3.51. The molecule has 7 heteroatoms. The van der Waals surface area contributed by atoms with Gasteiger partial charge in [0.15, 0.2) is 6.10 Å². The fourth-order valence-corrected chi connectivity index (χ4v) is 2.59. The van der Waals surface area contributed by atoms with Crippen LogP contribution in [0.2, 0.25) is 10.0 Å². The summed E-state index contributed by atoms with van der Waals surface area (Å²) in [5.41, 5.74) is 7.61. The number of rotatable bonds is 5. The number of nitrogen functional groups attached to an aromatic ring is 1. The molecule has 0 spiro atoms. The zero-order chi connectivity index (χ0) is 18.6. The number of hydrogen-bond acceptors (Lipinski definition) is 4. The molecule has 132 valence electrons. The first-order valence-corrected chi connectivity index (χ1v) is 8.42. The Hall–Kier alpha value is -2.24. The van der Waals surface area contributed by atoms with Gasteiger partial charge in [0, 0.05) is 10.7 Å². The quantitative estimate of drug-likeness (QED) is 0.597. The molecule has 2 aromatic rings. The Morgan fingerprint density at radius 3 is 2.44 bits per heavy atom. The molecule has 1 atom stereocenters. The van der Waals surface area contributed by atoms with Gasteiger partial charge in [0.25, 0.3) is 5.91 Å². The van der Waals surface area contributed by atoms with Crippen LogP contribution in [0.3, 0.4) is 0 Å². The van der Waals surface area contributed by atoms with Gasteiger partial charge in [-0.25, -0.2) is 4.79 Å². The smallest absolute Gasteiger partial charge is 0.341 e. The Balaban J connectivity index is 2.04. The molecule has 0 aliphatic heterocycles. The summed E-state index contributed by atoms with van der Waals surface area (Å²) in [6.07, 6.45) is -0.109. The van der Waals surface area contributed by atoms with Gasteiger partial charge in [0.05, 0.1) is 16.3 Å². The van der Waals surface area contributed by atoms with E-state index in [4.69, 9.17) is 33.7 Å².